The largest absolute Gasteiger partial charge is 0.376 e. The SMILES string of the molecule is CCC(C)(COCc1ccccc1)OC. The van der Waals surface area contributed by atoms with E-state index in [9.17, 15) is 0 Å². The fourth-order valence-electron chi connectivity index (χ4n) is 1.26. The summed E-state index contributed by atoms with van der Waals surface area (Å²) < 4.78 is 11.0. The second-order valence-corrected chi connectivity index (χ2v) is 3.99. The summed E-state index contributed by atoms with van der Waals surface area (Å²) in [5, 5.41) is 0. The Morgan fingerprint density at radius 2 is 1.87 bits per heavy atom. The van der Waals surface area contributed by atoms with E-state index in [0.29, 0.717) is 13.2 Å². The first-order chi connectivity index (χ1) is 7.20. The summed E-state index contributed by atoms with van der Waals surface area (Å²) in [5.74, 6) is 0. The maximum Gasteiger partial charge on any atom is 0.0880 e. The predicted octanol–water partition coefficient (Wildman–Crippen LogP) is 3.02. The van der Waals surface area contributed by atoms with E-state index in [1.54, 1.807) is 7.11 Å². The van der Waals surface area contributed by atoms with E-state index in [0.717, 1.165) is 6.42 Å². The zero-order valence-electron chi connectivity index (χ0n) is 9.82. The molecule has 1 rings (SSSR count). The van der Waals surface area contributed by atoms with Crippen molar-refractivity contribution in [3.8, 4) is 0 Å². The quantitative estimate of drug-likeness (QED) is 0.715. The third-order valence-corrected chi connectivity index (χ3v) is 2.76. The molecule has 0 bridgehead atoms. The third-order valence-electron chi connectivity index (χ3n) is 2.76. The van der Waals surface area contributed by atoms with Gasteiger partial charge in [0.05, 0.1) is 18.8 Å². The Hall–Kier alpha value is -0.860. The Morgan fingerprint density at radius 3 is 2.40 bits per heavy atom. The van der Waals surface area contributed by atoms with Crippen LogP contribution in [0, 0.1) is 0 Å². The van der Waals surface area contributed by atoms with E-state index in [4.69, 9.17) is 9.47 Å². The monoisotopic (exact) mass is 208 g/mol. The fraction of sp³-hybridized carbons (Fsp3) is 0.538. The number of hydrogen-bond donors (Lipinski definition) is 0. The minimum atomic E-state index is -0.158. The molecular weight excluding hydrogens is 188 g/mol. The smallest absolute Gasteiger partial charge is 0.0880 e. The lowest BCUT2D eigenvalue weighted by atomic mass is 10.1. The van der Waals surface area contributed by atoms with Crippen LogP contribution >= 0.6 is 0 Å². The summed E-state index contributed by atoms with van der Waals surface area (Å²) in [6.45, 7) is 5.46. The molecule has 15 heavy (non-hydrogen) atoms. The first-order valence-corrected chi connectivity index (χ1v) is 5.37. The van der Waals surface area contributed by atoms with Gasteiger partial charge in [0.1, 0.15) is 0 Å². The van der Waals surface area contributed by atoms with Crippen LogP contribution in [0.15, 0.2) is 30.3 Å². The van der Waals surface area contributed by atoms with Gasteiger partial charge < -0.3 is 9.47 Å². The molecule has 0 aromatic heterocycles. The van der Waals surface area contributed by atoms with Gasteiger partial charge in [0.15, 0.2) is 0 Å². The zero-order valence-corrected chi connectivity index (χ0v) is 9.82. The summed E-state index contributed by atoms with van der Waals surface area (Å²) in [5.41, 5.74) is 1.04. The molecule has 0 heterocycles. The maximum atomic E-state index is 5.64. The first-order valence-electron chi connectivity index (χ1n) is 5.37. The van der Waals surface area contributed by atoms with E-state index >= 15 is 0 Å². The topological polar surface area (TPSA) is 18.5 Å². The van der Waals surface area contributed by atoms with E-state index < -0.39 is 0 Å². The highest BCUT2D eigenvalue weighted by Gasteiger charge is 2.20. The van der Waals surface area contributed by atoms with Crippen LogP contribution in [0.1, 0.15) is 25.8 Å². The van der Waals surface area contributed by atoms with Crippen LogP contribution in [0.25, 0.3) is 0 Å². The molecule has 0 aliphatic carbocycles. The predicted molar refractivity (Wildman–Crippen MR) is 61.8 cm³/mol. The van der Waals surface area contributed by atoms with Gasteiger partial charge >= 0.3 is 0 Å². The molecule has 1 aromatic rings. The normalized spacial score (nSPS) is 14.9. The molecule has 0 N–H and O–H groups in total. The zero-order chi connectivity index (χ0) is 11.1. The Labute approximate surface area is 92.2 Å². The van der Waals surface area contributed by atoms with Gasteiger partial charge in [-0.05, 0) is 18.9 Å². The van der Waals surface area contributed by atoms with Gasteiger partial charge in [-0.1, -0.05) is 37.3 Å². The van der Waals surface area contributed by atoms with Gasteiger partial charge in [-0.15, -0.1) is 0 Å². The summed E-state index contributed by atoms with van der Waals surface area (Å²) >= 11 is 0. The average molecular weight is 208 g/mol. The number of benzene rings is 1. The van der Waals surface area contributed by atoms with Crippen molar-refractivity contribution in [2.24, 2.45) is 0 Å². The molecule has 2 nitrogen and oxygen atoms in total. The van der Waals surface area contributed by atoms with Gasteiger partial charge in [0.2, 0.25) is 0 Å². The van der Waals surface area contributed by atoms with E-state index in [1.807, 2.05) is 18.2 Å². The van der Waals surface area contributed by atoms with Crippen LogP contribution in [0.2, 0.25) is 0 Å². The molecule has 84 valence electrons. The molecule has 0 saturated carbocycles. The molecule has 0 fully saturated rings. The molecule has 0 saturated heterocycles. The van der Waals surface area contributed by atoms with Crippen LogP contribution in [0.5, 0.6) is 0 Å². The van der Waals surface area contributed by atoms with Crippen LogP contribution < -0.4 is 0 Å². The molecule has 1 aromatic carbocycles. The maximum absolute atomic E-state index is 5.64. The standard InChI is InChI=1S/C13H20O2/c1-4-13(2,14-3)11-15-10-12-8-6-5-7-9-12/h5-9H,4,10-11H2,1-3H3. The molecule has 0 radical (unpaired) electrons. The third kappa shape index (κ3) is 4.02. The minimum absolute atomic E-state index is 0.158. The van der Waals surface area contributed by atoms with Crippen molar-refractivity contribution in [1.29, 1.82) is 0 Å². The highest BCUT2D eigenvalue weighted by atomic mass is 16.5. The van der Waals surface area contributed by atoms with Gasteiger partial charge in [-0.25, -0.2) is 0 Å². The molecule has 1 atom stereocenters. The van der Waals surface area contributed by atoms with Gasteiger partial charge in [-0.3, -0.25) is 0 Å². The van der Waals surface area contributed by atoms with E-state index in [1.165, 1.54) is 5.56 Å². The Bertz CT molecular complexity index is 265. The molecular formula is C13H20O2. The Balaban J connectivity index is 2.33. The highest BCUT2D eigenvalue weighted by molar-refractivity contribution is 5.13. The summed E-state index contributed by atoms with van der Waals surface area (Å²) in [7, 11) is 1.73. The van der Waals surface area contributed by atoms with Gasteiger partial charge in [-0.2, -0.15) is 0 Å². The van der Waals surface area contributed by atoms with E-state index in [2.05, 4.69) is 26.0 Å². The van der Waals surface area contributed by atoms with Crippen molar-refractivity contribution in [2.75, 3.05) is 13.7 Å². The van der Waals surface area contributed by atoms with Crippen molar-refractivity contribution in [3.63, 3.8) is 0 Å². The number of ether oxygens (including phenoxy) is 2. The van der Waals surface area contributed by atoms with Gasteiger partial charge in [0.25, 0.3) is 0 Å². The molecule has 0 spiro atoms. The summed E-state index contributed by atoms with van der Waals surface area (Å²) in [6, 6.07) is 10.2. The van der Waals surface area contributed by atoms with Crippen LogP contribution in [-0.2, 0) is 16.1 Å². The average Bonchev–Trinajstić information content (AvgIpc) is 2.30. The molecule has 0 aliphatic heterocycles. The number of rotatable bonds is 6. The van der Waals surface area contributed by atoms with Crippen molar-refractivity contribution in [1.82, 2.24) is 0 Å². The molecule has 1 unspecified atom stereocenters. The number of hydrogen-bond acceptors (Lipinski definition) is 2. The highest BCUT2D eigenvalue weighted by Crippen LogP contribution is 2.15. The summed E-state index contributed by atoms with van der Waals surface area (Å²) in [4.78, 5) is 0. The Morgan fingerprint density at radius 1 is 1.20 bits per heavy atom. The van der Waals surface area contributed by atoms with Gasteiger partial charge in [0, 0.05) is 7.11 Å². The second-order valence-electron chi connectivity index (χ2n) is 3.99. The van der Waals surface area contributed by atoms with Crippen LogP contribution in [-0.4, -0.2) is 19.3 Å². The van der Waals surface area contributed by atoms with E-state index in [-0.39, 0.29) is 5.60 Å². The minimum Gasteiger partial charge on any atom is -0.376 e. The van der Waals surface area contributed by atoms with Crippen molar-refractivity contribution in [2.45, 2.75) is 32.5 Å². The molecule has 0 amide bonds. The lowest BCUT2D eigenvalue weighted by molar-refractivity contribution is -0.0695. The van der Waals surface area contributed by atoms with Crippen LogP contribution in [0.3, 0.4) is 0 Å². The molecule has 2 heteroatoms. The van der Waals surface area contributed by atoms with Crippen molar-refractivity contribution < 1.29 is 9.47 Å². The fourth-order valence-corrected chi connectivity index (χ4v) is 1.26. The van der Waals surface area contributed by atoms with Crippen LogP contribution in [0.4, 0.5) is 0 Å². The van der Waals surface area contributed by atoms with Crippen molar-refractivity contribution in [3.05, 3.63) is 35.9 Å². The Kier molecular flexibility index (Phi) is 4.79. The summed E-state index contributed by atoms with van der Waals surface area (Å²) in [6.07, 6.45) is 0.957. The second kappa shape index (κ2) is 5.89. The first kappa shape index (κ1) is 12.2. The molecule has 0 aliphatic rings. The number of methoxy groups -OCH3 is 1. The lowest BCUT2D eigenvalue weighted by Gasteiger charge is -2.26. The lowest BCUT2D eigenvalue weighted by Crippen LogP contribution is -2.32. The van der Waals surface area contributed by atoms with Crippen molar-refractivity contribution >= 4 is 0 Å².